The number of nitrogens with one attached hydrogen (secondary N) is 1. The lowest BCUT2D eigenvalue weighted by Crippen LogP contribution is -2.39. The highest BCUT2D eigenvalue weighted by Gasteiger charge is 2.21. The first-order chi connectivity index (χ1) is 10.6. The molecule has 1 aromatic carbocycles. The summed E-state index contributed by atoms with van der Waals surface area (Å²) < 4.78 is 25.6. The minimum atomic E-state index is -3.42. The second-order valence-electron chi connectivity index (χ2n) is 6.47. The highest BCUT2D eigenvalue weighted by molar-refractivity contribution is 7.89. The molecule has 0 saturated heterocycles. The number of nitrogens with two attached hydrogens (primary N) is 1. The number of rotatable bonds is 8. The van der Waals surface area contributed by atoms with E-state index in [-0.39, 0.29) is 28.6 Å². The van der Waals surface area contributed by atoms with E-state index in [4.69, 9.17) is 5.73 Å². The Morgan fingerprint density at radius 2 is 1.79 bits per heavy atom. The zero-order valence-electron chi connectivity index (χ0n) is 14.7. The van der Waals surface area contributed by atoms with Gasteiger partial charge in [-0.15, -0.1) is 12.4 Å². The van der Waals surface area contributed by atoms with Crippen LogP contribution >= 0.6 is 12.4 Å². The fraction of sp³-hybridized carbons (Fsp3) is 0.562. The number of hydrogen-bond acceptors (Lipinski definition) is 4. The Kier molecular flexibility index (Phi) is 8.91. The van der Waals surface area contributed by atoms with Gasteiger partial charge in [0, 0.05) is 20.0 Å². The van der Waals surface area contributed by atoms with Crippen molar-refractivity contribution in [2.75, 3.05) is 27.2 Å². The number of halogens is 1. The van der Waals surface area contributed by atoms with Gasteiger partial charge in [0.25, 0.3) is 0 Å². The fourth-order valence-electron chi connectivity index (χ4n) is 2.19. The van der Waals surface area contributed by atoms with E-state index in [1.165, 1.54) is 7.05 Å². The van der Waals surface area contributed by atoms with Crippen LogP contribution in [0.3, 0.4) is 0 Å². The van der Waals surface area contributed by atoms with Crippen LogP contribution in [0.1, 0.15) is 25.8 Å². The zero-order chi connectivity index (χ0) is 17.7. The van der Waals surface area contributed by atoms with Gasteiger partial charge in [-0.2, -0.15) is 0 Å². The largest absolute Gasteiger partial charge is 0.345 e. The standard InChI is InChI=1S/C16H27N3O3S.ClH/c1-16(2,11-17)12-19(4)15(20)10-7-13-5-8-14(9-6-13)23(21,22)18-3;/h5-6,8-9,18H,7,10-12,17H2,1-4H3;1H. The van der Waals surface area contributed by atoms with Crippen molar-refractivity contribution in [3.8, 4) is 0 Å². The lowest BCUT2D eigenvalue weighted by Gasteiger charge is -2.29. The summed E-state index contributed by atoms with van der Waals surface area (Å²) in [5, 5.41) is 0. The Labute approximate surface area is 151 Å². The number of carbonyl (C=O) groups excluding carboxylic acids is 1. The monoisotopic (exact) mass is 377 g/mol. The van der Waals surface area contributed by atoms with Crippen LogP contribution in [0, 0.1) is 5.41 Å². The molecule has 24 heavy (non-hydrogen) atoms. The van der Waals surface area contributed by atoms with Gasteiger partial charge in [0.1, 0.15) is 0 Å². The van der Waals surface area contributed by atoms with E-state index >= 15 is 0 Å². The smallest absolute Gasteiger partial charge is 0.240 e. The Morgan fingerprint density at radius 3 is 2.25 bits per heavy atom. The molecule has 0 aliphatic rings. The van der Waals surface area contributed by atoms with Crippen LogP contribution in [-0.2, 0) is 21.2 Å². The lowest BCUT2D eigenvalue weighted by molar-refractivity contribution is -0.131. The van der Waals surface area contributed by atoms with Crippen molar-refractivity contribution in [3.05, 3.63) is 29.8 Å². The van der Waals surface area contributed by atoms with E-state index in [0.717, 1.165) is 5.56 Å². The molecule has 0 heterocycles. The summed E-state index contributed by atoms with van der Waals surface area (Å²) in [6, 6.07) is 6.57. The molecule has 0 aromatic heterocycles. The maximum Gasteiger partial charge on any atom is 0.240 e. The van der Waals surface area contributed by atoms with Crippen molar-refractivity contribution in [1.29, 1.82) is 0 Å². The number of aryl methyl sites for hydroxylation is 1. The van der Waals surface area contributed by atoms with Gasteiger partial charge in [-0.3, -0.25) is 4.79 Å². The lowest BCUT2D eigenvalue weighted by atomic mass is 9.93. The maximum absolute atomic E-state index is 12.2. The first kappa shape index (κ1) is 22.9. The first-order valence-electron chi connectivity index (χ1n) is 7.58. The van der Waals surface area contributed by atoms with E-state index in [9.17, 15) is 13.2 Å². The van der Waals surface area contributed by atoms with Crippen molar-refractivity contribution in [1.82, 2.24) is 9.62 Å². The summed E-state index contributed by atoms with van der Waals surface area (Å²) in [5.41, 5.74) is 6.52. The third-order valence-electron chi connectivity index (χ3n) is 3.77. The highest BCUT2D eigenvalue weighted by Crippen LogP contribution is 2.15. The topological polar surface area (TPSA) is 92.5 Å². The van der Waals surface area contributed by atoms with Gasteiger partial charge in [-0.25, -0.2) is 13.1 Å². The van der Waals surface area contributed by atoms with Crippen LogP contribution in [0.2, 0.25) is 0 Å². The summed E-state index contributed by atoms with van der Waals surface area (Å²) in [4.78, 5) is 14.1. The van der Waals surface area contributed by atoms with Crippen molar-refractivity contribution in [2.45, 2.75) is 31.6 Å². The van der Waals surface area contributed by atoms with E-state index in [0.29, 0.717) is 25.9 Å². The zero-order valence-corrected chi connectivity index (χ0v) is 16.3. The molecule has 0 fully saturated rings. The number of benzene rings is 1. The Balaban J connectivity index is 0.00000529. The Hall–Kier alpha value is -1.15. The summed E-state index contributed by atoms with van der Waals surface area (Å²) in [6.07, 6.45) is 0.960. The number of amides is 1. The SMILES string of the molecule is CNS(=O)(=O)c1ccc(CCC(=O)N(C)CC(C)(C)CN)cc1.Cl. The third-order valence-corrected chi connectivity index (χ3v) is 5.20. The molecular weight excluding hydrogens is 350 g/mol. The van der Waals surface area contributed by atoms with Crippen molar-refractivity contribution >= 4 is 28.3 Å². The maximum atomic E-state index is 12.2. The molecule has 0 unspecified atom stereocenters. The van der Waals surface area contributed by atoms with Gasteiger partial charge < -0.3 is 10.6 Å². The molecule has 0 aliphatic carbocycles. The average Bonchev–Trinajstić information content (AvgIpc) is 2.52. The molecule has 138 valence electrons. The van der Waals surface area contributed by atoms with E-state index in [1.807, 2.05) is 13.8 Å². The van der Waals surface area contributed by atoms with Gasteiger partial charge in [0.05, 0.1) is 4.90 Å². The quantitative estimate of drug-likeness (QED) is 0.716. The predicted molar refractivity (Wildman–Crippen MR) is 98.7 cm³/mol. The summed E-state index contributed by atoms with van der Waals surface area (Å²) >= 11 is 0. The van der Waals surface area contributed by atoms with E-state index < -0.39 is 10.0 Å². The van der Waals surface area contributed by atoms with Gasteiger partial charge in [0.15, 0.2) is 0 Å². The molecular formula is C16H28ClN3O3S. The van der Waals surface area contributed by atoms with Gasteiger partial charge in [-0.1, -0.05) is 26.0 Å². The van der Waals surface area contributed by atoms with Crippen LogP contribution < -0.4 is 10.5 Å². The van der Waals surface area contributed by atoms with Crippen molar-refractivity contribution in [2.24, 2.45) is 11.1 Å². The molecule has 1 rings (SSSR count). The minimum Gasteiger partial charge on any atom is -0.345 e. The number of carbonyl (C=O) groups is 1. The van der Waals surface area contributed by atoms with Crippen LogP contribution in [0.5, 0.6) is 0 Å². The van der Waals surface area contributed by atoms with Gasteiger partial charge in [0.2, 0.25) is 15.9 Å². The molecule has 0 atom stereocenters. The van der Waals surface area contributed by atoms with Crippen LogP contribution in [-0.4, -0.2) is 46.4 Å². The molecule has 0 spiro atoms. The summed E-state index contributed by atoms with van der Waals surface area (Å²) in [6.45, 7) is 5.18. The second-order valence-corrected chi connectivity index (χ2v) is 8.36. The molecule has 1 amide bonds. The molecule has 3 N–H and O–H groups in total. The fourth-order valence-corrected chi connectivity index (χ4v) is 2.92. The van der Waals surface area contributed by atoms with Crippen molar-refractivity contribution in [3.63, 3.8) is 0 Å². The average molecular weight is 378 g/mol. The second kappa shape index (κ2) is 9.36. The van der Waals surface area contributed by atoms with E-state index in [2.05, 4.69) is 4.72 Å². The van der Waals surface area contributed by atoms with Crippen LogP contribution in [0.15, 0.2) is 29.2 Å². The van der Waals surface area contributed by atoms with Gasteiger partial charge >= 0.3 is 0 Å². The summed E-state index contributed by atoms with van der Waals surface area (Å²) in [5.74, 6) is 0.0541. The predicted octanol–water partition coefficient (Wildman–Crippen LogP) is 1.39. The van der Waals surface area contributed by atoms with Crippen LogP contribution in [0.25, 0.3) is 0 Å². The normalized spacial score (nSPS) is 11.7. The summed E-state index contributed by atoms with van der Waals surface area (Å²) in [7, 11) is -0.264. The molecule has 0 bridgehead atoms. The molecule has 0 aliphatic heterocycles. The Bertz CT molecular complexity index is 630. The first-order valence-corrected chi connectivity index (χ1v) is 9.06. The molecule has 6 nitrogen and oxygen atoms in total. The van der Waals surface area contributed by atoms with Crippen molar-refractivity contribution < 1.29 is 13.2 Å². The van der Waals surface area contributed by atoms with E-state index in [1.54, 1.807) is 36.2 Å². The number of hydrogen-bond donors (Lipinski definition) is 2. The number of nitrogens with zero attached hydrogens (tertiary/aromatic N) is 1. The molecule has 8 heteroatoms. The number of sulfonamides is 1. The van der Waals surface area contributed by atoms with Crippen LogP contribution in [0.4, 0.5) is 0 Å². The highest BCUT2D eigenvalue weighted by atomic mass is 35.5. The molecule has 0 saturated carbocycles. The van der Waals surface area contributed by atoms with Gasteiger partial charge in [-0.05, 0) is 43.1 Å². The molecule has 1 aromatic rings. The third kappa shape index (κ3) is 6.76. The minimum absolute atomic E-state index is 0. The molecule has 0 radical (unpaired) electrons. The Morgan fingerprint density at radius 1 is 1.25 bits per heavy atom.